The molecule has 118 valence electrons. The molecule has 4 atom stereocenters. The molecule has 5 fully saturated rings. The smallest absolute Gasteiger partial charge is 0.0309 e. The molecule has 2 heteroatoms. The lowest BCUT2D eigenvalue weighted by molar-refractivity contribution is 0.0469. The van der Waals surface area contributed by atoms with Crippen LogP contribution >= 0.6 is 0 Å². The van der Waals surface area contributed by atoms with Crippen LogP contribution in [0.4, 0.5) is 0 Å². The van der Waals surface area contributed by atoms with Gasteiger partial charge in [0.2, 0.25) is 0 Å². The zero-order valence-electron chi connectivity index (χ0n) is 13.5. The Balaban J connectivity index is 1.31. The molecule has 5 rings (SSSR count). The standard InChI is InChI=1S/C19H32N2/c1-2-8-19(7-1)13-21(18(11-20-19)15-5-6-15)12-17-10-14-3-4-16(17)9-14/h14-18,20H,1-13H2. The molecule has 1 saturated heterocycles. The van der Waals surface area contributed by atoms with Crippen molar-refractivity contribution in [2.45, 2.75) is 75.8 Å². The normalized spacial score (nSPS) is 45.7. The van der Waals surface area contributed by atoms with Crippen molar-refractivity contribution >= 4 is 0 Å². The minimum absolute atomic E-state index is 0.517. The molecule has 0 aromatic carbocycles. The number of piperazine rings is 1. The molecule has 1 spiro atoms. The minimum atomic E-state index is 0.517. The third kappa shape index (κ3) is 2.37. The first-order valence-corrected chi connectivity index (χ1v) is 9.80. The summed E-state index contributed by atoms with van der Waals surface area (Å²) in [4.78, 5) is 2.99. The zero-order valence-corrected chi connectivity index (χ0v) is 13.5. The highest BCUT2D eigenvalue weighted by atomic mass is 15.3. The fraction of sp³-hybridized carbons (Fsp3) is 1.00. The van der Waals surface area contributed by atoms with Crippen molar-refractivity contribution in [3.8, 4) is 0 Å². The molecule has 1 heterocycles. The van der Waals surface area contributed by atoms with Gasteiger partial charge in [0.25, 0.3) is 0 Å². The lowest BCUT2D eigenvalue weighted by Crippen LogP contribution is -2.64. The van der Waals surface area contributed by atoms with Crippen LogP contribution in [-0.2, 0) is 0 Å². The second kappa shape index (κ2) is 4.96. The third-order valence-corrected chi connectivity index (χ3v) is 7.74. The fourth-order valence-corrected chi connectivity index (χ4v) is 6.45. The van der Waals surface area contributed by atoms with E-state index >= 15 is 0 Å². The first-order chi connectivity index (χ1) is 10.3. The maximum absolute atomic E-state index is 4.01. The zero-order chi connectivity index (χ0) is 13.9. The van der Waals surface area contributed by atoms with E-state index in [0.717, 1.165) is 29.7 Å². The monoisotopic (exact) mass is 288 g/mol. The van der Waals surface area contributed by atoms with Gasteiger partial charge in [0, 0.05) is 31.2 Å². The number of nitrogens with zero attached hydrogens (tertiary/aromatic N) is 1. The van der Waals surface area contributed by atoms with Gasteiger partial charge in [-0.2, -0.15) is 0 Å². The molecule has 4 unspecified atom stereocenters. The van der Waals surface area contributed by atoms with Gasteiger partial charge < -0.3 is 5.32 Å². The molecule has 5 aliphatic rings. The van der Waals surface area contributed by atoms with E-state index in [4.69, 9.17) is 0 Å². The van der Waals surface area contributed by atoms with Gasteiger partial charge in [-0.1, -0.05) is 19.3 Å². The fourth-order valence-electron chi connectivity index (χ4n) is 6.45. The SMILES string of the molecule is C1CCC2(C1)CN(CC1CC3CCC1C3)C(C1CC1)CN2. The summed E-state index contributed by atoms with van der Waals surface area (Å²) in [7, 11) is 0. The first kappa shape index (κ1) is 13.4. The summed E-state index contributed by atoms with van der Waals surface area (Å²) in [5.41, 5.74) is 0.517. The average Bonchev–Trinajstić information content (AvgIpc) is 2.91. The van der Waals surface area contributed by atoms with Gasteiger partial charge in [-0.25, -0.2) is 0 Å². The van der Waals surface area contributed by atoms with Crippen molar-refractivity contribution in [2.24, 2.45) is 23.7 Å². The van der Waals surface area contributed by atoms with Crippen LogP contribution in [0.1, 0.15) is 64.2 Å². The van der Waals surface area contributed by atoms with E-state index < -0.39 is 0 Å². The highest BCUT2D eigenvalue weighted by Gasteiger charge is 2.47. The molecular formula is C19H32N2. The number of fused-ring (bicyclic) bond motifs is 2. The van der Waals surface area contributed by atoms with E-state index in [-0.39, 0.29) is 0 Å². The summed E-state index contributed by atoms with van der Waals surface area (Å²) in [6, 6.07) is 0.885. The molecule has 21 heavy (non-hydrogen) atoms. The number of hydrogen-bond donors (Lipinski definition) is 1. The second-order valence-corrected chi connectivity index (χ2v) is 9.14. The van der Waals surface area contributed by atoms with Gasteiger partial charge in [-0.15, -0.1) is 0 Å². The van der Waals surface area contributed by atoms with Crippen LogP contribution in [0, 0.1) is 23.7 Å². The Morgan fingerprint density at radius 3 is 2.43 bits per heavy atom. The van der Waals surface area contributed by atoms with Crippen molar-refractivity contribution in [2.75, 3.05) is 19.6 Å². The Bertz CT molecular complexity index is 396. The van der Waals surface area contributed by atoms with Crippen molar-refractivity contribution in [3.05, 3.63) is 0 Å². The van der Waals surface area contributed by atoms with Crippen molar-refractivity contribution < 1.29 is 0 Å². The molecule has 0 radical (unpaired) electrons. The highest BCUT2D eigenvalue weighted by molar-refractivity contribution is 5.05. The van der Waals surface area contributed by atoms with E-state index in [2.05, 4.69) is 10.2 Å². The van der Waals surface area contributed by atoms with Crippen LogP contribution < -0.4 is 5.32 Å². The van der Waals surface area contributed by atoms with Crippen molar-refractivity contribution in [1.29, 1.82) is 0 Å². The Morgan fingerprint density at radius 1 is 0.952 bits per heavy atom. The molecule has 2 bridgehead atoms. The van der Waals surface area contributed by atoms with E-state index in [0.29, 0.717) is 5.54 Å². The topological polar surface area (TPSA) is 15.3 Å². The predicted molar refractivity (Wildman–Crippen MR) is 86.2 cm³/mol. The largest absolute Gasteiger partial charge is 0.308 e. The average molecular weight is 288 g/mol. The molecule has 4 aliphatic carbocycles. The van der Waals surface area contributed by atoms with Gasteiger partial charge in [-0.05, 0) is 68.6 Å². The molecule has 2 nitrogen and oxygen atoms in total. The molecule has 0 amide bonds. The van der Waals surface area contributed by atoms with Gasteiger partial charge in [-0.3, -0.25) is 4.90 Å². The summed E-state index contributed by atoms with van der Waals surface area (Å²) in [5, 5.41) is 4.01. The molecular weight excluding hydrogens is 256 g/mol. The predicted octanol–water partition coefficient (Wildman–Crippen LogP) is 3.42. The van der Waals surface area contributed by atoms with Crippen molar-refractivity contribution in [3.63, 3.8) is 0 Å². The Hall–Kier alpha value is -0.0800. The first-order valence-electron chi connectivity index (χ1n) is 9.80. The van der Waals surface area contributed by atoms with Crippen molar-refractivity contribution in [1.82, 2.24) is 10.2 Å². The lowest BCUT2D eigenvalue weighted by atomic mass is 9.85. The molecule has 0 aromatic heterocycles. The number of hydrogen-bond acceptors (Lipinski definition) is 2. The van der Waals surface area contributed by atoms with Crippen LogP contribution in [0.25, 0.3) is 0 Å². The Morgan fingerprint density at radius 2 is 1.76 bits per heavy atom. The van der Waals surface area contributed by atoms with Gasteiger partial charge >= 0.3 is 0 Å². The number of rotatable bonds is 3. The molecule has 4 saturated carbocycles. The lowest BCUT2D eigenvalue weighted by Gasteiger charge is -2.48. The Kier molecular flexibility index (Phi) is 3.16. The minimum Gasteiger partial charge on any atom is -0.308 e. The summed E-state index contributed by atoms with van der Waals surface area (Å²) in [5.74, 6) is 4.31. The van der Waals surface area contributed by atoms with Crippen LogP contribution in [0.15, 0.2) is 0 Å². The summed E-state index contributed by atoms with van der Waals surface area (Å²) >= 11 is 0. The highest BCUT2D eigenvalue weighted by Crippen LogP contribution is 2.49. The van der Waals surface area contributed by atoms with E-state index in [1.54, 1.807) is 25.7 Å². The summed E-state index contributed by atoms with van der Waals surface area (Å²) in [6.07, 6.45) is 15.1. The summed E-state index contributed by atoms with van der Waals surface area (Å²) < 4.78 is 0. The second-order valence-electron chi connectivity index (χ2n) is 9.14. The maximum Gasteiger partial charge on any atom is 0.0309 e. The van der Waals surface area contributed by atoms with Crippen LogP contribution in [0.5, 0.6) is 0 Å². The molecule has 1 N–H and O–H groups in total. The van der Waals surface area contributed by atoms with Gasteiger partial charge in [0.1, 0.15) is 0 Å². The van der Waals surface area contributed by atoms with E-state index in [1.807, 2.05) is 0 Å². The molecule has 1 aliphatic heterocycles. The number of nitrogens with one attached hydrogen (secondary N) is 1. The molecule has 0 aromatic rings. The van der Waals surface area contributed by atoms with Gasteiger partial charge in [0.15, 0.2) is 0 Å². The van der Waals surface area contributed by atoms with Crippen LogP contribution in [-0.4, -0.2) is 36.1 Å². The van der Waals surface area contributed by atoms with E-state index in [9.17, 15) is 0 Å². The van der Waals surface area contributed by atoms with Crippen LogP contribution in [0.2, 0.25) is 0 Å². The maximum atomic E-state index is 4.01. The Labute approximate surface area is 130 Å². The third-order valence-electron chi connectivity index (χ3n) is 7.74. The van der Waals surface area contributed by atoms with Crippen LogP contribution in [0.3, 0.4) is 0 Å². The van der Waals surface area contributed by atoms with Gasteiger partial charge in [0.05, 0.1) is 0 Å². The van der Waals surface area contributed by atoms with E-state index in [1.165, 1.54) is 58.2 Å². The summed E-state index contributed by atoms with van der Waals surface area (Å²) in [6.45, 7) is 4.12. The quantitative estimate of drug-likeness (QED) is 0.856.